The minimum Gasteiger partial charge on any atom is -0.416 e. The van der Waals surface area contributed by atoms with Crippen LogP contribution in [0, 0.1) is 13.8 Å². The SMILES string of the molecule is Cc1ccc(C)c(Sc2ccc(NC(=O)CSc3nnc(Cc4ccccc4)o3)cc2)c1. The molecule has 162 valence electrons. The second-order valence-corrected chi connectivity index (χ2v) is 9.40. The van der Waals surface area contributed by atoms with E-state index >= 15 is 0 Å². The fourth-order valence-electron chi connectivity index (χ4n) is 3.01. The molecule has 0 saturated heterocycles. The van der Waals surface area contributed by atoms with Gasteiger partial charge in [0.05, 0.1) is 12.2 Å². The summed E-state index contributed by atoms with van der Waals surface area (Å²) in [5.41, 5.74) is 4.36. The maximum atomic E-state index is 12.3. The smallest absolute Gasteiger partial charge is 0.277 e. The Balaban J connectivity index is 1.27. The number of amides is 1. The van der Waals surface area contributed by atoms with E-state index in [1.807, 2.05) is 54.6 Å². The number of anilines is 1. The zero-order chi connectivity index (χ0) is 22.3. The standard InChI is InChI=1S/C25H23N3O2S2/c1-17-8-9-18(2)22(14-17)32-21-12-10-20(11-13-21)26-23(29)16-31-25-28-27-24(30-25)15-19-6-4-3-5-7-19/h3-14H,15-16H2,1-2H3,(H,26,29). The van der Waals surface area contributed by atoms with Gasteiger partial charge < -0.3 is 9.73 Å². The first-order valence-electron chi connectivity index (χ1n) is 10.2. The molecule has 0 saturated carbocycles. The normalized spacial score (nSPS) is 10.8. The van der Waals surface area contributed by atoms with E-state index in [1.54, 1.807) is 11.8 Å². The summed E-state index contributed by atoms with van der Waals surface area (Å²) >= 11 is 2.95. The van der Waals surface area contributed by atoms with E-state index in [4.69, 9.17) is 4.42 Å². The molecule has 0 bridgehead atoms. The van der Waals surface area contributed by atoms with Crippen LogP contribution in [0.15, 0.2) is 92.2 Å². The highest BCUT2D eigenvalue weighted by atomic mass is 32.2. The average molecular weight is 462 g/mol. The first-order chi connectivity index (χ1) is 15.5. The molecule has 7 heteroatoms. The van der Waals surface area contributed by atoms with Gasteiger partial charge >= 0.3 is 0 Å². The Morgan fingerprint density at radius 2 is 1.75 bits per heavy atom. The lowest BCUT2D eigenvalue weighted by atomic mass is 10.2. The third kappa shape index (κ3) is 6.24. The first kappa shape index (κ1) is 22.2. The summed E-state index contributed by atoms with van der Waals surface area (Å²) in [4.78, 5) is 14.7. The van der Waals surface area contributed by atoms with E-state index in [9.17, 15) is 4.79 Å². The van der Waals surface area contributed by atoms with E-state index in [0.717, 1.165) is 16.1 Å². The second kappa shape index (κ2) is 10.5. The summed E-state index contributed by atoms with van der Waals surface area (Å²) in [6, 6.07) is 24.2. The molecule has 4 rings (SSSR count). The molecule has 0 aliphatic carbocycles. The molecule has 0 radical (unpaired) electrons. The molecule has 0 spiro atoms. The van der Waals surface area contributed by atoms with Gasteiger partial charge in [0.15, 0.2) is 0 Å². The Kier molecular flexibility index (Phi) is 7.29. The van der Waals surface area contributed by atoms with Crippen molar-refractivity contribution in [2.45, 2.75) is 35.3 Å². The molecule has 4 aromatic rings. The maximum absolute atomic E-state index is 12.3. The summed E-state index contributed by atoms with van der Waals surface area (Å²) < 4.78 is 5.64. The Bertz CT molecular complexity index is 1190. The number of hydrogen-bond acceptors (Lipinski definition) is 6. The highest BCUT2D eigenvalue weighted by molar-refractivity contribution is 7.99. The maximum Gasteiger partial charge on any atom is 0.277 e. The lowest BCUT2D eigenvalue weighted by Gasteiger charge is -2.08. The fourth-order valence-corrected chi connectivity index (χ4v) is 4.59. The third-order valence-electron chi connectivity index (χ3n) is 4.68. The lowest BCUT2D eigenvalue weighted by Crippen LogP contribution is -2.13. The van der Waals surface area contributed by atoms with Crippen LogP contribution in [0.4, 0.5) is 5.69 Å². The predicted molar refractivity (Wildman–Crippen MR) is 129 cm³/mol. The van der Waals surface area contributed by atoms with Crippen molar-refractivity contribution < 1.29 is 9.21 Å². The zero-order valence-electron chi connectivity index (χ0n) is 17.9. The number of benzene rings is 3. The van der Waals surface area contributed by atoms with Crippen molar-refractivity contribution in [3.63, 3.8) is 0 Å². The summed E-state index contributed by atoms with van der Waals surface area (Å²) in [5, 5.41) is 11.4. The van der Waals surface area contributed by atoms with Crippen LogP contribution in [-0.2, 0) is 11.2 Å². The monoisotopic (exact) mass is 461 g/mol. The molecule has 1 N–H and O–H groups in total. The molecule has 0 fully saturated rings. The number of nitrogens with one attached hydrogen (secondary N) is 1. The minimum atomic E-state index is -0.118. The summed E-state index contributed by atoms with van der Waals surface area (Å²) in [5.74, 6) is 0.621. The number of carbonyl (C=O) groups is 1. The van der Waals surface area contributed by atoms with Crippen molar-refractivity contribution in [1.29, 1.82) is 0 Å². The molecule has 0 aliphatic heterocycles. The van der Waals surface area contributed by atoms with Crippen LogP contribution in [0.2, 0.25) is 0 Å². The molecule has 0 atom stereocenters. The average Bonchev–Trinajstić information content (AvgIpc) is 3.24. The van der Waals surface area contributed by atoms with Gasteiger partial charge in [-0.2, -0.15) is 0 Å². The number of aryl methyl sites for hydroxylation is 2. The molecule has 1 amide bonds. The molecule has 0 aliphatic rings. The van der Waals surface area contributed by atoms with Crippen LogP contribution < -0.4 is 5.32 Å². The summed E-state index contributed by atoms with van der Waals surface area (Å²) in [6.45, 7) is 4.21. The van der Waals surface area contributed by atoms with E-state index in [-0.39, 0.29) is 11.7 Å². The van der Waals surface area contributed by atoms with Crippen LogP contribution in [0.3, 0.4) is 0 Å². The predicted octanol–water partition coefficient (Wildman–Crippen LogP) is 6.16. The molecule has 1 heterocycles. The summed E-state index contributed by atoms with van der Waals surface area (Å²) in [7, 11) is 0. The van der Waals surface area contributed by atoms with Gasteiger partial charge in [-0.05, 0) is 60.9 Å². The number of carbonyl (C=O) groups excluding carboxylic acids is 1. The van der Waals surface area contributed by atoms with Crippen LogP contribution >= 0.6 is 23.5 Å². The third-order valence-corrected chi connectivity index (χ3v) is 6.67. The molecule has 3 aromatic carbocycles. The number of hydrogen-bond donors (Lipinski definition) is 1. The number of rotatable bonds is 8. The van der Waals surface area contributed by atoms with Gasteiger partial charge in [0.2, 0.25) is 11.8 Å². The van der Waals surface area contributed by atoms with Crippen molar-refractivity contribution in [3.05, 3.63) is 95.4 Å². The molecular formula is C25H23N3O2S2. The summed E-state index contributed by atoms with van der Waals surface area (Å²) in [6.07, 6.45) is 0.576. The number of nitrogens with zero attached hydrogens (tertiary/aromatic N) is 2. The van der Waals surface area contributed by atoms with Gasteiger partial charge in [-0.25, -0.2) is 0 Å². The Morgan fingerprint density at radius 1 is 0.969 bits per heavy atom. The van der Waals surface area contributed by atoms with Crippen LogP contribution in [0.1, 0.15) is 22.6 Å². The molecule has 1 aromatic heterocycles. The fraction of sp³-hybridized carbons (Fsp3) is 0.160. The van der Waals surface area contributed by atoms with E-state index in [0.29, 0.717) is 17.5 Å². The van der Waals surface area contributed by atoms with Crippen LogP contribution in [0.25, 0.3) is 0 Å². The number of thioether (sulfide) groups is 1. The minimum absolute atomic E-state index is 0.118. The largest absolute Gasteiger partial charge is 0.416 e. The van der Waals surface area contributed by atoms with E-state index in [2.05, 4.69) is 47.6 Å². The van der Waals surface area contributed by atoms with Crippen LogP contribution in [-0.4, -0.2) is 21.9 Å². The Morgan fingerprint density at radius 3 is 2.53 bits per heavy atom. The Hall–Kier alpha value is -3.03. The number of aromatic nitrogens is 2. The molecule has 32 heavy (non-hydrogen) atoms. The van der Waals surface area contributed by atoms with Crippen molar-refractivity contribution in [2.24, 2.45) is 0 Å². The van der Waals surface area contributed by atoms with Gasteiger partial charge in [-0.15, -0.1) is 10.2 Å². The topological polar surface area (TPSA) is 68.0 Å². The van der Waals surface area contributed by atoms with Gasteiger partial charge in [-0.3, -0.25) is 4.79 Å². The zero-order valence-corrected chi connectivity index (χ0v) is 19.5. The molecular weight excluding hydrogens is 438 g/mol. The van der Waals surface area contributed by atoms with Crippen molar-refractivity contribution in [1.82, 2.24) is 10.2 Å². The van der Waals surface area contributed by atoms with Gasteiger partial charge in [0.1, 0.15) is 0 Å². The second-order valence-electron chi connectivity index (χ2n) is 7.36. The van der Waals surface area contributed by atoms with Gasteiger partial charge in [0, 0.05) is 15.5 Å². The van der Waals surface area contributed by atoms with Crippen LogP contribution in [0.5, 0.6) is 0 Å². The molecule has 0 unspecified atom stereocenters. The van der Waals surface area contributed by atoms with E-state index in [1.165, 1.54) is 27.8 Å². The Labute approximate surface area is 196 Å². The van der Waals surface area contributed by atoms with Gasteiger partial charge in [-0.1, -0.05) is 66.0 Å². The highest BCUT2D eigenvalue weighted by Crippen LogP contribution is 2.31. The van der Waals surface area contributed by atoms with Crippen molar-refractivity contribution in [3.8, 4) is 0 Å². The van der Waals surface area contributed by atoms with Gasteiger partial charge in [0.25, 0.3) is 5.22 Å². The van der Waals surface area contributed by atoms with Crippen molar-refractivity contribution >= 4 is 35.1 Å². The van der Waals surface area contributed by atoms with Crippen molar-refractivity contribution in [2.75, 3.05) is 11.1 Å². The highest BCUT2D eigenvalue weighted by Gasteiger charge is 2.11. The van der Waals surface area contributed by atoms with E-state index < -0.39 is 0 Å². The first-order valence-corrected chi connectivity index (χ1v) is 12.0. The lowest BCUT2D eigenvalue weighted by molar-refractivity contribution is -0.113. The quantitative estimate of drug-likeness (QED) is 0.317. The molecule has 5 nitrogen and oxygen atoms in total.